The Labute approximate surface area is 94.4 Å². The molecule has 1 aromatic carbocycles. The van der Waals surface area contributed by atoms with Gasteiger partial charge in [0.2, 0.25) is 0 Å². The first kappa shape index (κ1) is 11.0. The fourth-order valence-electron chi connectivity index (χ4n) is 1.14. The maximum atomic E-state index is 9.63. The topological polar surface area (TPSA) is 46.2 Å². The van der Waals surface area contributed by atoms with E-state index in [2.05, 4.69) is 31.9 Å². The smallest absolute Gasteiger partial charge is 0.122 e. The van der Waals surface area contributed by atoms with Crippen LogP contribution in [-0.2, 0) is 0 Å². The van der Waals surface area contributed by atoms with Crippen LogP contribution in [0.15, 0.2) is 21.1 Å². The van der Waals surface area contributed by atoms with Gasteiger partial charge in [-0.2, -0.15) is 0 Å². The van der Waals surface area contributed by atoms with E-state index in [9.17, 15) is 5.11 Å². The highest BCUT2D eigenvalue weighted by atomic mass is 79.9. The predicted molar refractivity (Wildman–Crippen MR) is 60.7 cm³/mol. The van der Waals surface area contributed by atoms with E-state index >= 15 is 0 Å². The maximum absolute atomic E-state index is 9.63. The van der Waals surface area contributed by atoms with Crippen molar-refractivity contribution in [3.05, 3.63) is 26.6 Å². The molecule has 0 aliphatic rings. The van der Waals surface area contributed by atoms with Crippen LogP contribution in [0.25, 0.3) is 0 Å². The fourth-order valence-corrected chi connectivity index (χ4v) is 2.64. The van der Waals surface area contributed by atoms with E-state index in [0.717, 1.165) is 20.9 Å². The summed E-state index contributed by atoms with van der Waals surface area (Å²) in [5, 5.41) is 9.63. The fraction of sp³-hybridized carbons (Fsp3) is 0.333. The lowest BCUT2D eigenvalue weighted by atomic mass is 10.0. The summed E-state index contributed by atoms with van der Waals surface area (Å²) in [6, 6.07) is 3.41. The second kappa shape index (κ2) is 4.44. The third-order valence-electron chi connectivity index (χ3n) is 1.88. The molecule has 0 amide bonds. The Hall–Kier alpha value is -0.0600. The van der Waals surface area contributed by atoms with Crippen LogP contribution in [0.5, 0.6) is 5.75 Å². The van der Waals surface area contributed by atoms with Crippen molar-refractivity contribution in [3.8, 4) is 5.75 Å². The number of benzene rings is 1. The number of nitrogens with two attached hydrogens (primary N) is 1. The molecule has 0 aliphatic carbocycles. The van der Waals surface area contributed by atoms with Gasteiger partial charge in [-0.1, -0.05) is 38.8 Å². The van der Waals surface area contributed by atoms with Crippen molar-refractivity contribution in [1.29, 1.82) is 0 Å². The van der Waals surface area contributed by atoms with Crippen molar-refractivity contribution in [2.45, 2.75) is 19.4 Å². The zero-order chi connectivity index (χ0) is 10.0. The molecule has 1 rings (SSSR count). The number of hydrogen-bond acceptors (Lipinski definition) is 2. The minimum Gasteiger partial charge on any atom is -0.508 e. The van der Waals surface area contributed by atoms with Gasteiger partial charge in [0.15, 0.2) is 0 Å². The van der Waals surface area contributed by atoms with E-state index in [-0.39, 0.29) is 11.8 Å². The van der Waals surface area contributed by atoms with E-state index in [1.54, 1.807) is 6.07 Å². The quantitative estimate of drug-likeness (QED) is 0.880. The average Bonchev–Trinajstić information content (AvgIpc) is 2.02. The number of hydrogen-bond donors (Lipinski definition) is 2. The Kier molecular flexibility index (Phi) is 3.76. The first-order valence-electron chi connectivity index (χ1n) is 3.99. The number of rotatable bonds is 2. The van der Waals surface area contributed by atoms with Gasteiger partial charge in [0.05, 0.1) is 0 Å². The molecule has 0 fully saturated rings. The summed E-state index contributed by atoms with van der Waals surface area (Å²) in [4.78, 5) is 0. The van der Waals surface area contributed by atoms with E-state index in [1.807, 2.05) is 13.0 Å². The Morgan fingerprint density at radius 2 is 2.08 bits per heavy atom. The summed E-state index contributed by atoms with van der Waals surface area (Å²) in [6.45, 7) is 1.98. The highest BCUT2D eigenvalue weighted by Crippen LogP contribution is 2.34. The van der Waals surface area contributed by atoms with E-state index in [4.69, 9.17) is 5.73 Å². The summed E-state index contributed by atoms with van der Waals surface area (Å²) < 4.78 is 1.68. The summed E-state index contributed by atoms with van der Waals surface area (Å²) in [5.41, 5.74) is 6.61. The maximum Gasteiger partial charge on any atom is 0.122 e. The highest BCUT2D eigenvalue weighted by Gasteiger charge is 2.13. The molecule has 0 unspecified atom stereocenters. The molecule has 1 atom stereocenters. The van der Waals surface area contributed by atoms with Gasteiger partial charge in [0.1, 0.15) is 5.75 Å². The lowest BCUT2D eigenvalue weighted by molar-refractivity contribution is 0.459. The van der Waals surface area contributed by atoms with E-state index in [0.29, 0.717) is 0 Å². The van der Waals surface area contributed by atoms with Crippen LogP contribution in [0.4, 0.5) is 0 Å². The van der Waals surface area contributed by atoms with Crippen LogP contribution in [-0.4, -0.2) is 5.11 Å². The molecule has 72 valence electrons. The molecule has 2 nitrogen and oxygen atoms in total. The van der Waals surface area contributed by atoms with Gasteiger partial charge in [-0.3, -0.25) is 0 Å². The van der Waals surface area contributed by atoms with Gasteiger partial charge in [-0.15, -0.1) is 0 Å². The van der Waals surface area contributed by atoms with Crippen LogP contribution in [0, 0.1) is 0 Å². The molecular formula is C9H11Br2NO. The number of aromatic hydroxyl groups is 1. The molecule has 0 saturated carbocycles. The third kappa shape index (κ3) is 2.45. The minimum absolute atomic E-state index is 0.123. The van der Waals surface area contributed by atoms with Crippen LogP contribution < -0.4 is 5.73 Å². The summed E-state index contributed by atoms with van der Waals surface area (Å²) in [7, 11) is 0. The first-order valence-corrected chi connectivity index (χ1v) is 5.58. The van der Waals surface area contributed by atoms with Crippen LogP contribution >= 0.6 is 31.9 Å². The van der Waals surface area contributed by atoms with Crippen molar-refractivity contribution < 1.29 is 5.11 Å². The average molecular weight is 309 g/mol. The second-order valence-electron chi connectivity index (χ2n) is 2.84. The summed E-state index contributed by atoms with van der Waals surface area (Å²) in [6.07, 6.45) is 0.799. The number of phenols is 1. The zero-order valence-corrected chi connectivity index (χ0v) is 10.4. The molecule has 0 aliphatic heterocycles. The van der Waals surface area contributed by atoms with E-state index < -0.39 is 0 Å². The molecule has 0 saturated heterocycles. The highest BCUT2D eigenvalue weighted by molar-refractivity contribution is 9.11. The van der Waals surface area contributed by atoms with Crippen molar-refractivity contribution in [1.82, 2.24) is 0 Å². The van der Waals surface area contributed by atoms with Crippen LogP contribution in [0.1, 0.15) is 24.9 Å². The van der Waals surface area contributed by atoms with Gasteiger partial charge in [0.25, 0.3) is 0 Å². The van der Waals surface area contributed by atoms with Gasteiger partial charge in [-0.05, 0) is 18.6 Å². The molecule has 0 aromatic heterocycles. The summed E-state index contributed by atoms with van der Waals surface area (Å²) in [5.74, 6) is 0.232. The first-order chi connectivity index (χ1) is 6.06. The van der Waals surface area contributed by atoms with Crippen LogP contribution in [0.2, 0.25) is 0 Å². The van der Waals surface area contributed by atoms with Crippen molar-refractivity contribution in [3.63, 3.8) is 0 Å². The van der Waals surface area contributed by atoms with Crippen molar-refractivity contribution in [2.24, 2.45) is 5.73 Å². The van der Waals surface area contributed by atoms with Crippen molar-refractivity contribution >= 4 is 31.9 Å². The minimum atomic E-state index is -0.123. The molecule has 0 radical (unpaired) electrons. The zero-order valence-electron chi connectivity index (χ0n) is 7.22. The standard InChI is InChI=1S/C9H11Br2NO/c1-2-7(12)9-6(11)3-5(10)4-8(9)13/h3-4,7,13H,2,12H2,1H3/t7-/m0/s1. The Balaban J connectivity index is 3.20. The number of phenolic OH excluding ortho intramolecular Hbond substituents is 1. The van der Waals surface area contributed by atoms with E-state index in [1.165, 1.54) is 0 Å². The molecule has 0 spiro atoms. The summed E-state index contributed by atoms with van der Waals surface area (Å²) >= 11 is 6.66. The lowest BCUT2D eigenvalue weighted by Crippen LogP contribution is -2.09. The Bertz CT molecular complexity index is 291. The SMILES string of the molecule is CC[C@H](N)c1c(O)cc(Br)cc1Br. The second-order valence-corrected chi connectivity index (χ2v) is 4.61. The lowest BCUT2D eigenvalue weighted by Gasteiger charge is -2.13. The van der Waals surface area contributed by atoms with Crippen LogP contribution in [0.3, 0.4) is 0 Å². The molecule has 3 N–H and O–H groups in total. The predicted octanol–water partition coefficient (Wildman–Crippen LogP) is 3.33. The van der Waals surface area contributed by atoms with Crippen molar-refractivity contribution in [2.75, 3.05) is 0 Å². The Morgan fingerprint density at radius 3 is 2.54 bits per heavy atom. The van der Waals surface area contributed by atoms with Gasteiger partial charge >= 0.3 is 0 Å². The molecule has 0 heterocycles. The normalized spacial score (nSPS) is 12.9. The van der Waals surface area contributed by atoms with Gasteiger partial charge in [0, 0.05) is 20.6 Å². The largest absolute Gasteiger partial charge is 0.508 e. The Morgan fingerprint density at radius 1 is 1.46 bits per heavy atom. The monoisotopic (exact) mass is 307 g/mol. The van der Waals surface area contributed by atoms with Gasteiger partial charge < -0.3 is 10.8 Å². The molecular weight excluding hydrogens is 298 g/mol. The van der Waals surface area contributed by atoms with Gasteiger partial charge in [-0.25, -0.2) is 0 Å². The molecule has 1 aromatic rings. The third-order valence-corrected chi connectivity index (χ3v) is 3.00. The molecule has 4 heteroatoms. The molecule has 0 bridgehead atoms. The molecule has 13 heavy (non-hydrogen) atoms. The number of halogens is 2.